The molecule has 43 heavy (non-hydrogen) atoms. The molecule has 1 aliphatic rings. The van der Waals surface area contributed by atoms with Gasteiger partial charge in [-0.3, -0.25) is 19.2 Å². The van der Waals surface area contributed by atoms with Gasteiger partial charge >= 0.3 is 5.97 Å². The number of carbonyl (C=O) groups is 4. The van der Waals surface area contributed by atoms with E-state index in [9.17, 15) is 24.3 Å². The van der Waals surface area contributed by atoms with Crippen LogP contribution < -0.4 is 0 Å². The van der Waals surface area contributed by atoms with Crippen LogP contribution in [0.2, 0.25) is 20.1 Å². The number of hydrogen-bond donors (Lipinski definition) is 1. The molecule has 1 saturated heterocycles. The van der Waals surface area contributed by atoms with E-state index < -0.39 is 24.5 Å². The van der Waals surface area contributed by atoms with Crippen LogP contribution in [0.15, 0.2) is 53.9 Å². The summed E-state index contributed by atoms with van der Waals surface area (Å²) in [6, 6.07) is 12.8. The maximum absolute atomic E-state index is 13.8. The van der Waals surface area contributed by atoms with Gasteiger partial charge in [0.2, 0.25) is 17.7 Å². The third-order valence-electron chi connectivity index (χ3n) is 7.18. The van der Waals surface area contributed by atoms with Crippen molar-refractivity contribution in [3.8, 4) is 0 Å². The summed E-state index contributed by atoms with van der Waals surface area (Å²) in [7, 11) is 0. The Morgan fingerprint density at radius 3 is 2.14 bits per heavy atom. The molecule has 0 bridgehead atoms. The molecule has 3 amide bonds. The zero-order valence-electron chi connectivity index (χ0n) is 23.0. The van der Waals surface area contributed by atoms with Crippen LogP contribution in [-0.2, 0) is 38.4 Å². The maximum atomic E-state index is 13.8. The highest BCUT2D eigenvalue weighted by atomic mass is 35.5. The smallest absolute Gasteiger partial charge is 0.323 e. The van der Waals surface area contributed by atoms with E-state index in [1.165, 1.54) is 14.7 Å². The monoisotopic (exact) mass is 683 g/mol. The highest BCUT2D eigenvalue weighted by Gasteiger charge is 2.41. The summed E-state index contributed by atoms with van der Waals surface area (Å²) in [6.45, 7) is -0.183. The van der Waals surface area contributed by atoms with E-state index in [4.69, 9.17) is 46.4 Å². The zero-order chi connectivity index (χ0) is 31.1. The van der Waals surface area contributed by atoms with Gasteiger partial charge in [0, 0.05) is 44.6 Å². The molecule has 228 valence electrons. The van der Waals surface area contributed by atoms with Gasteiger partial charge < -0.3 is 19.8 Å². The average molecular weight is 685 g/mol. The highest BCUT2D eigenvalue weighted by Crippen LogP contribution is 2.25. The number of hydrogen-bond acceptors (Lipinski definition) is 5. The molecule has 1 aliphatic heterocycles. The fourth-order valence-corrected chi connectivity index (χ4v) is 6.62. The Bertz CT molecular complexity index is 1490. The lowest BCUT2D eigenvalue weighted by molar-refractivity contribution is -0.158. The molecule has 1 unspecified atom stereocenters. The Kier molecular flexibility index (Phi) is 11.7. The number of halogens is 4. The molecule has 1 atom stereocenters. The maximum Gasteiger partial charge on any atom is 0.323 e. The Labute approximate surface area is 273 Å². The van der Waals surface area contributed by atoms with E-state index in [1.54, 1.807) is 47.7 Å². The third kappa shape index (κ3) is 9.09. The van der Waals surface area contributed by atoms with Crippen LogP contribution in [0.3, 0.4) is 0 Å². The van der Waals surface area contributed by atoms with E-state index in [2.05, 4.69) is 0 Å². The van der Waals surface area contributed by atoms with Crippen molar-refractivity contribution in [2.75, 3.05) is 32.7 Å². The van der Waals surface area contributed by atoms with Crippen molar-refractivity contribution in [1.82, 2.24) is 14.7 Å². The Morgan fingerprint density at radius 2 is 1.56 bits per heavy atom. The summed E-state index contributed by atoms with van der Waals surface area (Å²) in [6.07, 6.45) is 0.838. The standard InChI is InChI=1S/C30H29Cl4N3O5S/c31-21-5-3-19(24(33)14-21)7-10-35(18-29(40)41)27(38)16-26-30(42)36(11-8-20-4-6-22(32)15-25(20)34)17-28(39)37(26)12-9-23-2-1-13-43-23/h1-6,13-15,26H,7-12,16-18H2,(H,40,41). The number of thiophene rings is 1. The number of rotatable bonds is 13. The van der Waals surface area contributed by atoms with Crippen molar-refractivity contribution in [1.29, 1.82) is 0 Å². The van der Waals surface area contributed by atoms with Crippen molar-refractivity contribution in [3.05, 3.63) is 90.0 Å². The summed E-state index contributed by atoms with van der Waals surface area (Å²) in [5, 5.41) is 13.3. The van der Waals surface area contributed by atoms with E-state index >= 15 is 0 Å². The van der Waals surface area contributed by atoms with Crippen molar-refractivity contribution in [3.63, 3.8) is 0 Å². The summed E-state index contributed by atoms with van der Waals surface area (Å²) in [5.74, 6) is -2.41. The third-order valence-corrected chi connectivity index (χ3v) is 9.29. The largest absolute Gasteiger partial charge is 0.480 e. The Balaban J connectivity index is 1.52. The van der Waals surface area contributed by atoms with E-state index in [-0.39, 0.29) is 50.8 Å². The van der Waals surface area contributed by atoms with Gasteiger partial charge in [-0.2, -0.15) is 0 Å². The van der Waals surface area contributed by atoms with Gasteiger partial charge in [-0.1, -0.05) is 64.6 Å². The second-order valence-electron chi connectivity index (χ2n) is 10.1. The molecule has 8 nitrogen and oxygen atoms in total. The minimum atomic E-state index is -1.20. The van der Waals surface area contributed by atoms with Gasteiger partial charge in [0.05, 0.1) is 13.0 Å². The summed E-state index contributed by atoms with van der Waals surface area (Å²) < 4.78 is 0. The first-order valence-corrected chi connectivity index (χ1v) is 15.9. The van der Waals surface area contributed by atoms with Gasteiger partial charge in [-0.15, -0.1) is 11.3 Å². The second-order valence-corrected chi connectivity index (χ2v) is 12.8. The van der Waals surface area contributed by atoms with Gasteiger partial charge in [0.1, 0.15) is 12.6 Å². The molecule has 2 heterocycles. The second kappa shape index (κ2) is 15.3. The SMILES string of the molecule is O=C(O)CN(CCc1ccc(Cl)cc1Cl)C(=O)CC1C(=O)N(CCc2ccc(Cl)cc2Cl)CC(=O)N1CCc1cccs1. The van der Waals surface area contributed by atoms with E-state index in [0.717, 1.165) is 10.4 Å². The van der Waals surface area contributed by atoms with Gasteiger partial charge in [0.25, 0.3) is 0 Å². The zero-order valence-corrected chi connectivity index (χ0v) is 26.8. The number of benzene rings is 2. The number of carboxylic acid groups (broad SMARTS) is 1. The highest BCUT2D eigenvalue weighted by molar-refractivity contribution is 7.09. The molecular formula is C30H29Cl4N3O5S. The first-order valence-electron chi connectivity index (χ1n) is 13.5. The molecule has 1 aromatic heterocycles. The molecule has 0 saturated carbocycles. The van der Waals surface area contributed by atoms with E-state index in [1.807, 2.05) is 17.5 Å². The van der Waals surface area contributed by atoms with Crippen LogP contribution >= 0.6 is 57.7 Å². The normalized spacial score (nSPS) is 15.2. The van der Waals surface area contributed by atoms with Crippen LogP contribution in [0.4, 0.5) is 0 Å². The van der Waals surface area contributed by atoms with Crippen molar-refractivity contribution in [2.45, 2.75) is 31.7 Å². The van der Waals surface area contributed by atoms with Crippen LogP contribution in [0, 0.1) is 0 Å². The van der Waals surface area contributed by atoms with Crippen LogP contribution in [-0.4, -0.2) is 82.3 Å². The molecular weight excluding hydrogens is 656 g/mol. The van der Waals surface area contributed by atoms with Crippen molar-refractivity contribution >= 4 is 81.4 Å². The quantitative estimate of drug-likeness (QED) is 0.248. The molecule has 2 aromatic carbocycles. The fraction of sp³-hybridized carbons (Fsp3) is 0.333. The number of nitrogens with zero attached hydrogens (tertiary/aromatic N) is 3. The lowest BCUT2D eigenvalue weighted by Crippen LogP contribution is -2.61. The van der Waals surface area contributed by atoms with Crippen LogP contribution in [0.5, 0.6) is 0 Å². The lowest BCUT2D eigenvalue weighted by Gasteiger charge is -2.40. The lowest BCUT2D eigenvalue weighted by atomic mass is 10.0. The van der Waals surface area contributed by atoms with Crippen LogP contribution in [0.1, 0.15) is 22.4 Å². The number of amides is 3. The Hall–Kier alpha value is -2.82. The predicted molar refractivity (Wildman–Crippen MR) is 169 cm³/mol. The molecule has 3 aromatic rings. The first kappa shape index (κ1) is 33.1. The number of aliphatic carboxylic acids is 1. The van der Waals surface area contributed by atoms with Crippen LogP contribution in [0.25, 0.3) is 0 Å². The number of carbonyl (C=O) groups excluding carboxylic acids is 3. The molecule has 1 fully saturated rings. The number of carboxylic acids is 1. The predicted octanol–water partition coefficient (Wildman–Crippen LogP) is 5.73. The molecule has 0 aliphatic carbocycles. The van der Waals surface area contributed by atoms with Gasteiger partial charge in [0.15, 0.2) is 0 Å². The average Bonchev–Trinajstić information content (AvgIpc) is 3.47. The van der Waals surface area contributed by atoms with Gasteiger partial charge in [-0.05, 0) is 66.1 Å². The van der Waals surface area contributed by atoms with Crippen molar-refractivity contribution in [2.24, 2.45) is 0 Å². The van der Waals surface area contributed by atoms with E-state index in [0.29, 0.717) is 38.5 Å². The van der Waals surface area contributed by atoms with Crippen molar-refractivity contribution < 1.29 is 24.3 Å². The minimum absolute atomic E-state index is 0.0509. The molecule has 0 spiro atoms. The summed E-state index contributed by atoms with van der Waals surface area (Å²) in [4.78, 5) is 57.5. The topological polar surface area (TPSA) is 98.2 Å². The van der Waals surface area contributed by atoms with Gasteiger partial charge in [-0.25, -0.2) is 0 Å². The number of piperazine rings is 1. The molecule has 4 rings (SSSR count). The summed E-state index contributed by atoms with van der Waals surface area (Å²) in [5.41, 5.74) is 1.47. The summed E-state index contributed by atoms with van der Waals surface area (Å²) >= 11 is 26.1. The molecule has 1 N–H and O–H groups in total. The fourth-order valence-electron chi connectivity index (χ4n) is 4.91. The molecule has 13 heteroatoms. The minimum Gasteiger partial charge on any atom is -0.480 e. The Morgan fingerprint density at radius 1 is 0.907 bits per heavy atom. The first-order chi connectivity index (χ1) is 20.5. The molecule has 0 radical (unpaired) electrons.